The molecule has 4 rings (SSSR count). The third-order valence-electron chi connectivity index (χ3n) is 5.51. The molecule has 1 spiro atoms. The van der Waals surface area contributed by atoms with Gasteiger partial charge in [-0.25, -0.2) is 9.97 Å². The van der Waals surface area contributed by atoms with E-state index in [1.54, 1.807) is 12.4 Å². The number of aryl methyl sites for hydroxylation is 1. The smallest absolute Gasteiger partial charge is 0.255 e. The molecule has 0 aliphatic carbocycles. The Hall–Kier alpha value is -2.50. The highest BCUT2D eigenvalue weighted by Gasteiger charge is 2.42. The molecule has 0 bridgehead atoms. The Morgan fingerprint density at radius 1 is 1.08 bits per heavy atom. The SMILES string of the molecule is Cc1cnc(N2CCC3(CCN(C(=O)c4cccnc4)C3)CC2)nc1. The van der Waals surface area contributed by atoms with Crippen LogP contribution in [0.15, 0.2) is 36.9 Å². The first-order valence-electron chi connectivity index (χ1n) is 8.88. The zero-order valence-corrected chi connectivity index (χ0v) is 14.6. The van der Waals surface area contributed by atoms with Gasteiger partial charge in [-0.3, -0.25) is 9.78 Å². The maximum Gasteiger partial charge on any atom is 0.255 e. The molecule has 6 nitrogen and oxygen atoms in total. The van der Waals surface area contributed by atoms with E-state index in [4.69, 9.17) is 0 Å². The lowest BCUT2D eigenvalue weighted by molar-refractivity contribution is 0.0764. The Morgan fingerprint density at radius 2 is 1.80 bits per heavy atom. The van der Waals surface area contributed by atoms with Gasteiger partial charge in [-0.1, -0.05) is 0 Å². The van der Waals surface area contributed by atoms with Gasteiger partial charge in [0, 0.05) is 51.0 Å². The monoisotopic (exact) mass is 337 g/mol. The summed E-state index contributed by atoms with van der Waals surface area (Å²) in [6.45, 7) is 5.61. The second-order valence-corrected chi connectivity index (χ2v) is 7.27. The van der Waals surface area contributed by atoms with Crippen LogP contribution in [-0.4, -0.2) is 51.9 Å². The fraction of sp³-hybridized carbons (Fsp3) is 0.474. The summed E-state index contributed by atoms with van der Waals surface area (Å²) in [4.78, 5) is 29.9. The van der Waals surface area contributed by atoms with E-state index >= 15 is 0 Å². The van der Waals surface area contributed by atoms with Crippen LogP contribution in [0.4, 0.5) is 5.95 Å². The van der Waals surface area contributed by atoms with Crippen LogP contribution in [0.2, 0.25) is 0 Å². The normalized spacial score (nSPS) is 19.4. The van der Waals surface area contributed by atoms with Gasteiger partial charge in [0.1, 0.15) is 0 Å². The molecule has 0 unspecified atom stereocenters. The number of hydrogen-bond donors (Lipinski definition) is 0. The fourth-order valence-corrected chi connectivity index (χ4v) is 3.92. The highest BCUT2D eigenvalue weighted by atomic mass is 16.2. The van der Waals surface area contributed by atoms with Gasteiger partial charge >= 0.3 is 0 Å². The average Bonchev–Trinajstić information content (AvgIpc) is 3.07. The molecule has 2 aliphatic heterocycles. The van der Waals surface area contributed by atoms with Crippen molar-refractivity contribution in [2.24, 2.45) is 5.41 Å². The van der Waals surface area contributed by atoms with E-state index in [1.165, 1.54) is 0 Å². The molecule has 0 radical (unpaired) electrons. The molecular weight excluding hydrogens is 314 g/mol. The van der Waals surface area contributed by atoms with Gasteiger partial charge in [0.05, 0.1) is 5.56 Å². The third-order valence-corrected chi connectivity index (χ3v) is 5.51. The number of pyridine rings is 1. The molecule has 0 atom stereocenters. The minimum Gasteiger partial charge on any atom is -0.341 e. The number of likely N-dealkylation sites (tertiary alicyclic amines) is 1. The molecule has 0 aromatic carbocycles. The van der Waals surface area contributed by atoms with Crippen molar-refractivity contribution in [3.63, 3.8) is 0 Å². The summed E-state index contributed by atoms with van der Waals surface area (Å²) in [5.74, 6) is 0.927. The van der Waals surface area contributed by atoms with E-state index in [2.05, 4.69) is 19.9 Å². The van der Waals surface area contributed by atoms with Crippen molar-refractivity contribution in [3.05, 3.63) is 48.0 Å². The molecule has 0 saturated carbocycles. The second kappa shape index (κ2) is 6.43. The fourth-order valence-electron chi connectivity index (χ4n) is 3.92. The molecule has 2 aliphatic rings. The van der Waals surface area contributed by atoms with Crippen molar-refractivity contribution in [2.75, 3.05) is 31.1 Å². The average molecular weight is 337 g/mol. The van der Waals surface area contributed by atoms with Crippen molar-refractivity contribution < 1.29 is 4.79 Å². The highest BCUT2D eigenvalue weighted by Crippen LogP contribution is 2.41. The molecule has 130 valence electrons. The van der Waals surface area contributed by atoms with Crippen LogP contribution in [0, 0.1) is 12.3 Å². The summed E-state index contributed by atoms with van der Waals surface area (Å²) in [5.41, 5.74) is 2.02. The standard InChI is InChI=1S/C19H23N5O/c1-15-11-21-18(22-12-15)23-8-4-19(5-9-23)6-10-24(14-19)17(25)16-3-2-7-20-13-16/h2-3,7,11-13H,4-6,8-10,14H2,1H3. The van der Waals surface area contributed by atoms with E-state index in [0.717, 1.165) is 57.0 Å². The van der Waals surface area contributed by atoms with Crippen LogP contribution >= 0.6 is 0 Å². The molecule has 0 N–H and O–H groups in total. The van der Waals surface area contributed by atoms with Gasteiger partial charge < -0.3 is 9.80 Å². The predicted molar refractivity (Wildman–Crippen MR) is 95.4 cm³/mol. The molecular formula is C19H23N5O. The van der Waals surface area contributed by atoms with Crippen LogP contribution in [0.1, 0.15) is 35.2 Å². The molecule has 2 aromatic rings. The van der Waals surface area contributed by atoms with Gasteiger partial charge in [0.2, 0.25) is 5.95 Å². The summed E-state index contributed by atoms with van der Waals surface area (Å²) in [6, 6.07) is 3.66. The first-order chi connectivity index (χ1) is 12.2. The minimum atomic E-state index is 0.106. The second-order valence-electron chi connectivity index (χ2n) is 7.27. The third kappa shape index (κ3) is 3.21. The Labute approximate surface area is 147 Å². The Kier molecular flexibility index (Phi) is 4.11. The molecule has 2 fully saturated rings. The predicted octanol–water partition coefficient (Wildman–Crippen LogP) is 2.31. The molecule has 2 aromatic heterocycles. The zero-order valence-electron chi connectivity index (χ0n) is 14.6. The Bertz CT molecular complexity index is 738. The number of nitrogens with zero attached hydrogens (tertiary/aromatic N) is 5. The number of amides is 1. The molecule has 25 heavy (non-hydrogen) atoms. The van der Waals surface area contributed by atoms with Crippen molar-refractivity contribution >= 4 is 11.9 Å². The summed E-state index contributed by atoms with van der Waals surface area (Å²) >= 11 is 0. The van der Waals surface area contributed by atoms with Gasteiger partial charge in [0.15, 0.2) is 0 Å². The molecule has 4 heterocycles. The number of rotatable bonds is 2. The minimum absolute atomic E-state index is 0.106. The quantitative estimate of drug-likeness (QED) is 0.841. The van der Waals surface area contributed by atoms with Gasteiger partial charge in [-0.2, -0.15) is 0 Å². The number of aromatic nitrogens is 3. The first-order valence-corrected chi connectivity index (χ1v) is 8.88. The van der Waals surface area contributed by atoms with E-state index in [9.17, 15) is 4.79 Å². The van der Waals surface area contributed by atoms with Crippen LogP contribution in [-0.2, 0) is 0 Å². The van der Waals surface area contributed by atoms with E-state index in [0.29, 0.717) is 5.56 Å². The van der Waals surface area contributed by atoms with Gasteiger partial charge in [-0.05, 0) is 49.3 Å². The van der Waals surface area contributed by atoms with Crippen LogP contribution in [0.3, 0.4) is 0 Å². The van der Waals surface area contributed by atoms with Crippen molar-refractivity contribution in [1.82, 2.24) is 19.9 Å². The van der Waals surface area contributed by atoms with Crippen LogP contribution in [0.5, 0.6) is 0 Å². The van der Waals surface area contributed by atoms with Gasteiger partial charge in [0.25, 0.3) is 5.91 Å². The summed E-state index contributed by atoms with van der Waals surface area (Å²) in [7, 11) is 0. The molecule has 6 heteroatoms. The largest absolute Gasteiger partial charge is 0.341 e. The number of anilines is 1. The summed E-state index contributed by atoms with van der Waals surface area (Å²) in [6.07, 6.45) is 10.4. The lowest BCUT2D eigenvalue weighted by atomic mass is 9.78. The summed E-state index contributed by atoms with van der Waals surface area (Å²) in [5, 5.41) is 0. The maximum atomic E-state index is 12.6. The van der Waals surface area contributed by atoms with Crippen molar-refractivity contribution in [2.45, 2.75) is 26.2 Å². The maximum absolute atomic E-state index is 12.6. The van der Waals surface area contributed by atoms with E-state index in [-0.39, 0.29) is 11.3 Å². The number of hydrogen-bond acceptors (Lipinski definition) is 5. The zero-order chi connectivity index (χ0) is 17.3. The number of carbonyl (C=O) groups excluding carboxylic acids is 1. The lowest BCUT2D eigenvalue weighted by Gasteiger charge is -2.39. The molecule has 1 amide bonds. The van der Waals surface area contributed by atoms with Crippen LogP contribution in [0.25, 0.3) is 0 Å². The molecule has 2 saturated heterocycles. The van der Waals surface area contributed by atoms with Gasteiger partial charge in [-0.15, -0.1) is 0 Å². The number of piperidine rings is 1. The first kappa shape index (κ1) is 16.0. The van der Waals surface area contributed by atoms with Crippen molar-refractivity contribution in [3.8, 4) is 0 Å². The Balaban J connectivity index is 1.39. The van der Waals surface area contributed by atoms with Crippen molar-refractivity contribution in [1.29, 1.82) is 0 Å². The van der Waals surface area contributed by atoms with E-state index < -0.39 is 0 Å². The number of carbonyl (C=O) groups is 1. The lowest BCUT2D eigenvalue weighted by Crippen LogP contribution is -2.43. The van der Waals surface area contributed by atoms with E-state index in [1.807, 2.05) is 36.4 Å². The topological polar surface area (TPSA) is 62.2 Å². The summed E-state index contributed by atoms with van der Waals surface area (Å²) < 4.78 is 0. The highest BCUT2D eigenvalue weighted by molar-refractivity contribution is 5.94. The van der Waals surface area contributed by atoms with Crippen LogP contribution < -0.4 is 4.90 Å². The Morgan fingerprint density at radius 3 is 2.48 bits per heavy atom.